The highest BCUT2D eigenvalue weighted by Crippen LogP contribution is 2.40. The van der Waals surface area contributed by atoms with E-state index in [1.807, 2.05) is 13.8 Å². The van der Waals surface area contributed by atoms with Crippen LogP contribution < -0.4 is 11.1 Å². The van der Waals surface area contributed by atoms with Crippen LogP contribution in [0.3, 0.4) is 0 Å². The first-order chi connectivity index (χ1) is 8.02. The van der Waals surface area contributed by atoms with E-state index in [9.17, 15) is 4.79 Å². The SMILES string of the molecule is CCC1(CNC(=O)C(C)(CC)CN)CCCC1. The second-order valence-electron chi connectivity index (χ2n) is 5.86. The predicted octanol–water partition coefficient (Wildman–Crippen LogP) is 2.45. The van der Waals surface area contributed by atoms with Gasteiger partial charge in [0.1, 0.15) is 0 Å². The monoisotopic (exact) mass is 240 g/mol. The van der Waals surface area contributed by atoms with E-state index in [0.29, 0.717) is 12.0 Å². The summed E-state index contributed by atoms with van der Waals surface area (Å²) in [7, 11) is 0. The van der Waals surface area contributed by atoms with Crippen LogP contribution in [0.5, 0.6) is 0 Å². The van der Waals surface area contributed by atoms with Crippen LogP contribution in [-0.2, 0) is 4.79 Å². The molecule has 1 amide bonds. The maximum absolute atomic E-state index is 12.2. The summed E-state index contributed by atoms with van der Waals surface area (Å²) in [5.41, 5.74) is 5.67. The fraction of sp³-hybridized carbons (Fsp3) is 0.929. The van der Waals surface area contributed by atoms with E-state index in [1.54, 1.807) is 0 Å². The highest BCUT2D eigenvalue weighted by Gasteiger charge is 2.35. The number of rotatable bonds is 6. The molecule has 1 aliphatic rings. The minimum Gasteiger partial charge on any atom is -0.355 e. The number of nitrogens with two attached hydrogens (primary N) is 1. The van der Waals surface area contributed by atoms with Gasteiger partial charge in [0.15, 0.2) is 0 Å². The van der Waals surface area contributed by atoms with Crippen molar-refractivity contribution in [2.75, 3.05) is 13.1 Å². The molecule has 1 atom stereocenters. The quantitative estimate of drug-likeness (QED) is 0.749. The van der Waals surface area contributed by atoms with Crippen molar-refractivity contribution in [3.8, 4) is 0 Å². The molecule has 100 valence electrons. The highest BCUT2D eigenvalue weighted by molar-refractivity contribution is 5.82. The molecule has 3 N–H and O–H groups in total. The largest absolute Gasteiger partial charge is 0.355 e. The maximum Gasteiger partial charge on any atom is 0.227 e. The molecule has 1 saturated carbocycles. The Bertz CT molecular complexity index is 253. The molecule has 0 aliphatic heterocycles. The van der Waals surface area contributed by atoms with Crippen molar-refractivity contribution in [1.82, 2.24) is 5.32 Å². The summed E-state index contributed by atoms with van der Waals surface area (Å²) in [6.07, 6.45) is 7.11. The standard InChI is InChI=1S/C14H28N2O/c1-4-13(3,10-15)12(17)16-11-14(5-2)8-6-7-9-14/h4-11,15H2,1-3H3,(H,16,17). The summed E-state index contributed by atoms with van der Waals surface area (Å²) in [5.74, 6) is 0.127. The first kappa shape index (κ1) is 14.5. The van der Waals surface area contributed by atoms with Gasteiger partial charge in [-0.05, 0) is 38.0 Å². The van der Waals surface area contributed by atoms with E-state index in [1.165, 1.54) is 32.1 Å². The summed E-state index contributed by atoms with van der Waals surface area (Å²) in [6.45, 7) is 7.47. The van der Waals surface area contributed by atoms with Gasteiger partial charge in [0.05, 0.1) is 5.41 Å². The fourth-order valence-corrected chi connectivity index (χ4v) is 2.66. The minimum atomic E-state index is -0.395. The molecule has 1 fully saturated rings. The van der Waals surface area contributed by atoms with Gasteiger partial charge in [-0.3, -0.25) is 4.79 Å². The Morgan fingerprint density at radius 2 is 1.94 bits per heavy atom. The van der Waals surface area contributed by atoms with E-state index >= 15 is 0 Å². The van der Waals surface area contributed by atoms with Crippen molar-refractivity contribution in [2.45, 2.75) is 59.3 Å². The molecule has 0 saturated heterocycles. The molecular formula is C14H28N2O. The highest BCUT2D eigenvalue weighted by atomic mass is 16.2. The van der Waals surface area contributed by atoms with Gasteiger partial charge in [-0.25, -0.2) is 0 Å². The molecule has 0 heterocycles. The molecule has 1 unspecified atom stereocenters. The fourth-order valence-electron chi connectivity index (χ4n) is 2.66. The third-order valence-corrected chi connectivity index (χ3v) is 4.82. The van der Waals surface area contributed by atoms with E-state index < -0.39 is 5.41 Å². The summed E-state index contributed by atoms with van der Waals surface area (Å²) >= 11 is 0. The Kier molecular flexibility index (Phi) is 4.99. The molecule has 0 spiro atoms. The third-order valence-electron chi connectivity index (χ3n) is 4.82. The molecule has 1 aliphatic carbocycles. The van der Waals surface area contributed by atoms with Crippen molar-refractivity contribution in [1.29, 1.82) is 0 Å². The molecule has 0 bridgehead atoms. The van der Waals surface area contributed by atoms with E-state index in [0.717, 1.165) is 13.0 Å². The molecule has 17 heavy (non-hydrogen) atoms. The summed E-state index contributed by atoms with van der Waals surface area (Å²) in [5, 5.41) is 3.14. The lowest BCUT2D eigenvalue weighted by molar-refractivity contribution is -0.130. The lowest BCUT2D eigenvalue weighted by Crippen LogP contribution is -2.46. The second-order valence-corrected chi connectivity index (χ2v) is 5.86. The van der Waals surface area contributed by atoms with E-state index in [-0.39, 0.29) is 5.91 Å². The maximum atomic E-state index is 12.2. The van der Waals surface area contributed by atoms with Crippen LogP contribution in [0.15, 0.2) is 0 Å². The van der Waals surface area contributed by atoms with Crippen molar-refractivity contribution < 1.29 is 4.79 Å². The average Bonchev–Trinajstić information content (AvgIpc) is 2.84. The van der Waals surface area contributed by atoms with Crippen LogP contribution in [0.25, 0.3) is 0 Å². The lowest BCUT2D eigenvalue weighted by atomic mass is 9.82. The zero-order chi connectivity index (χ0) is 12.9. The zero-order valence-corrected chi connectivity index (χ0v) is 11.6. The lowest BCUT2D eigenvalue weighted by Gasteiger charge is -2.31. The predicted molar refractivity (Wildman–Crippen MR) is 71.7 cm³/mol. The average molecular weight is 240 g/mol. The van der Waals surface area contributed by atoms with Crippen molar-refractivity contribution in [3.05, 3.63) is 0 Å². The Labute approximate surface area is 106 Å². The van der Waals surface area contributed by atoms with Gasteiger partial charge in [-0.15, -0.1) is 0 Å². The summed E-state index contributed by atoms with van der Waals surface area (Å²) in [4.78, 5) is 12.2. The zero-order valence-electron chi connectivity index (χ0n) is 11.6. The normalized spacial score (nSPS) is 22.1. The van der Waals surface area contributed by atoms with Gasteiger partial charge in [0.25, 0.3) is 0 Å². The van der Waals surface area contributed by atoms with Crippen molar-refractivity contribution >= 4 is 5.91 Å². The Morgan fingerprint density at radius 3 is 2.35 bits per heavy atom. The summed E-state index contributed by atoms with van der Waals surface area (Å²) in [6, 6.07) is 0. The summed E-state index contributed by atoms with van der Waals surface area (Å²) < 4.78 is 0. The number of nitrogens with one attached hydrogen (secondary N) is 1. The van der Waals surface area contributed by atoms with E-state index in [4.69, 9.17) is 5.73 Å². The number of amides is 1. The molecule has 0 aromatic heterocycles. The smallest absolute Gasteiger partial charge is 0.227 e. The number of carbonyl (C=O) groups excluding carboxylic acids is 1. The third kappa shape index (κ3) is 3.21. The topological polar surface area (TPSA) is 55.1 Å². The van der Waals surface area contributed by atoms with Gasteiger partial charge in [0.2, 0.25) is 5.91 Å². The van der Waals surface area contributed by atoms with Crippen LogP contribution in [0.2, 0.25) is 0 Å². The first-order valence-electron chi connectivity index (χ1n) is 7.00. The van der Waals surface area contributed by atoms with Crippen LogP contribution in [0.4, 0.5) is 0 Å². The minimum absolute atomic E-state index is 0.127. The van der Waals surface area contributed by atoms with Crippen LogP contribution in [0.1, 0.15) is 59.3 Å². The number of carbonyl (C=O) groups is 1. The van der Waals surface area contributed by atoms with Crippen molar-refractivity contribution in [2.24, 2.45) is 16.6 Å². The van der Waals surface area contributed by atoms with Gasteiger partial charge >= 0.3 is 0 Å². The molecule has 1 rings (SSSR count). The molecule has 0 radical (unpaired) electrons. The Hall–Kier alpha value is -0.570. The molecule has 3 heteroatoms. The number of hydrogen-bond donors (Lipinski definition) is 2. The van der Waals surface area contributed by atoms with E-state index in [2.05, 4.69) is 12.2 Å². The Balaban J connectivity index is 2.52. The van der Waals surface area contributed by atoms with Crippen LogP contribution in [0, 0.1) is 10.8 Å². The van der Waals surface area contributed by atoms with Gasteiger partial charge in [-0.2, -0.15) is 0 Å². The second kappa shape index (κ2) is 5.85. The van der Waals surface area contributed by atoms with Gasteiger partial charge < -0.3 is 11.1 Å². The first-order valence-corrected chi connectivity index (χ1v) is 7.00. The molecule has 0 aromatic carbocycles. The van der Waals surface area contributed by atoms with Gasteiger partial charge in [0, 0.05) is 13.1 Å². The molecule has 3 nitrogen and oxygen atoms in total. The van der Waals surface area contributed by atoms with Crippen LogP contribution >= 0.6 is 0 Å². The number of hydrogen-bond acceptors (Lipinski definition) is 2. The molecule has 0 aromatic rings. The van der Waals surface area contributed by atoms with Crippen molar-refractivity contribution in [3.63, 3.8) is 0 Å². The van der Waals surface area contributed by atoms with Crippen LogP contribution in [-0.4, -0.2) is 19.0 Å². The Morgan fingerprint density at radius 1 is 1.35 bits per heavy atom. The van der Waals surface area contributed by atoms with Gasteiger partial charge in [-0.1, -0.05) is 26.7 Å². The molecular weight excluding hydrogens is 212 g/mol.